The molecule has 0 N–H and O–H groups in total. The summed E-state index contributed by atoms with van der Waals surface area (Å²) in [6.07, 6.45) is 1.90. The predicted octanol–water partition coefficient (Wildman–Crippen LogP) is 2.71. The summed E-state index contributed by atoms with van der Waals surface area (Å²) in [5, 5.41) is 0.493. The van der Waals surface area contributed by atoms with Crippen LogP contribution in [0.5, 0.6) is 0 Å². The summed E-state index contributed by atoms with van der Waals surface area (Å²) >= 11 is 7.40. The number of hydrogen-bond donors (Lipinski definition) is 0. The van der Waals surface area contributed by atoms with Gasteiger partial charge in [-0.2, -0.15) is 8.42 Å². The second-order valence-corrected chi connectivity index (χ2v) is 7.29. The van der Waals surface area contributed by atoms with E-state index in [-0.39, 0.29) is 18.9 Å². The topological polar surface area (TPSA) is 54.5 Å². The summed E-state index contributed by atoms with van der Waals surface area (Å²) in [5.41, 5.74) is 0.647. The van der Waals surface area contributed by atoms with Gasteiger partial charge in [0.2, 0.25) is 5.91 Å². The van der Waals surface area contributed by atoms with Crippen molar-refractivity contribution < 1.29 is 17.1 Å². The fourth-order valence-electron chi connectivity index (χ4n) is 2.28. The lowest BCUT2D eigenvalue weighted by atomic mass is 10.1. The molecule has 1 aromatic carbocycles. The third kappa shape index (κ3) is 3.65. The lowest BCUT2D eigenvalue weighted by molar-refractivity contribution is -0.117. The van der Waals surface area contributed by atoms with Crippen LogP contribution in [0.3, 0.4) is 0 Å². The number of carbonyl (C=O) groups is 1. The molecule has 1 aromatic rings. The number of amides is 1. The monoisotopic (exact) mass is 337 g/mol. The minimum atomic E-state index is -4.57. The highest BCUT2D eigenvalue weighted by Gasteiger charge is 2.34. The Morgan fingerprint density at radius 2 is 2.20 bits per heavy atom. The number of halogens is 2. The van der Waals surface area contributed by atoms with E-state index in [1.807, 2.05) is 6.26 Å². The van der Waals surface area contributed by atoms with E-state index in [2.05, 4.69) is 0 Å². The number of thioether (sulfide) groups is 1. The molecule has 2 rings (SSSR count). The Balaban J connectivity index is 2.26. The van der Waals surface area contributed by atoms with E-state index < -0.39 is 21.9 Å². The van der Waals surface area contributed by atoms with Gasteiger partial charge in [-0.25, -0.2) is 0 Å². The zero-order valence-electron chi connectivity index (χ0n) is 10.7. The molecule has 20 heavy (non-hydrogen) atoms. The normalized spacial score (nSPS) is 19.6. The van der Waals surface area contributed by atoms with Crippen molar-refractivity contribution in [3.63, 3.8) is 0 Å². The van der Waals surface area contributed by atoms with E-state index in [4.69, 9.17) is 11.6 Å². The van der Waals surface area contributed by atoms with Gasteiger partial charge in [0.25, 0.3) is 0 Å². The highest BCUT2D eigenvalue weighted by Crippen LogP contribution is 2.35. The Morgan fingerprint density at radius 1 is 1.50 bits per heavy atom. The van der Waals surface area contributed by atoms with Crippen LogP contribution in [0.15, 0.2) is 23.1 Å². The summed E-state index contributed by atoms with van der Waals surface area (Å²) in [4.78, 5) is 14.4. The second-order valence-electron chi connectivity index (χ2n) is 4.60. The molecular formula is C12H13ClFNO3S2. The highest BCUT2D eigenvalue weighted by atomic mass is 35.5. The van der Waals surface area contributed by atoms with Crippen molar-refractivity contribution in [1.82, 2.24) is 0 Å². The molecular weight excluding hydrogens is 325 g/mol. The molecule has 1 unspecified atom stereocenters. The fourth-order valence-corrected chi connectivity index (χ4v) is 3.82. The minimum absolute atomic E-state index is 0.0312. The van der Waals surface area contributed by atoms with Gasteiger partial charge in [0, 0.05) is 28.8 Å². The van der Waals surface area contributed by atoms with E-state index in [9.17, 15) is 17.1 Å². The number of hydrogen-bond acceptors (Lipinski definition) is 4. The van der Waals surface area contributed by atoms with Crippen LogP contribution in [0.4, 0.5) is 9.57 Å². The van der Waals surface area contributed by atoms with Crippen molar-refractivity contribution in [2.24, 2.45) is 5.92 Å². The van der Waals surface area contributed by atoms with Gasteiger partial charge in [0.1, 0.15) is 0 Å². The first-order valence-corrected chi connectivity index (χ1v) is 9.02. The zero-order chi connectivity index (χ0) is 14.9. The van der Waals surface area contributed by atoms with Gasteiger partial charge in [-0.1, -0.05) is 11.6 Å². The zero-order valence-corrected chi connectivity index (χ0v) is 13.1. The molecule has 1 aliphatic rings. The molecule has 0 aliphatic carbocycles. The van der Waals surface area contributed by atoms with Crippen LogP contribution >= 0.6 is 23.4 Å². The predicted molar refractivity (Wildman–Crippen MR) is 78.6 cm³/mol. The lowest BCUT2D eigenvalue weighted by Gasteiger charge is -2.19. The molecule has 0 radical (unpaired) electrons. The van der Waals surface area contributed by atoms with Crippen molar-refractivity contribution in [3.05, 3.63) is 23.2 Å². The first-order valence-electron chi connectivity index (χ1n) is 5.86. The summed E-state index contributed by atoms with van der Waals surface area (Å²) in [5.74, 6) is -1.35. The van der Waals surface area contributed by atoms with E-state index in [1.54, 1.807) is 18.2 Å². The Kier molecular flexibility index (Phi) is 4.61. The molecule has 0 bridgehead atoms. The van der Waals surface area contributed by atoms with Crippen LogP contribution in [0, 0.1) is 5.92 Å². The van der Waals surface area contributed by atoms with Crippen LogP contribution in [-0.4, -0.2) is 32.9 Å². The van der Waals surface area contributed by atoms with Gasteiger partial charge >= 0.3 is 10.2 Å². The number of carbonyl (C=O) groups excluding carboxylic acids is 1. The molecule has 4 nitrogen and oxygen atoms in total. The van der Waals surface area contributed by atoms with Gasteiger partial charge in [-0.15, -0.1) is 15.6 Å². The quantitative estimate of drug-likeness (QED) is 0.626. The Hall–Kier alpha value is -0.790. The summed E-state index contributed by atoms with van der Waals surface area (Å²) in [6.45, 7) is 0.190. The fraction of sp³-hybridized carbons (Fsp3) is 0.417. The largest absolute Gasteiger partial charge is 0.311 e. The molecule has 1 saturated heterocycles. The van der Waals surface area contributed by atoms with E-state index in [0.717, 1.165) is 4.90 Å². The summed E-state index contributed by atoms with van der Waals surface area (Å²) < 4.78 is 34.1. The number of rotatable bonds is 4. The molecule has 1 atom stereocenters. The number of nitrogens with zero attached hydrogens (tertiary/aromatic N) is 1. The maximum absolute atomic E-state index is 12.7. The van der Waals surface area contributed by atoms with E-state index >= 15 is 0 Å². The minimum Gasteiger partial charge on any atom is -0.311 e. The molecule has 0 saturated carbocycles. The Morgan fingerprint density at radius 3 is 2.80 bits per heavy atom. The number of benzene rings is 1. The molecule has 110 valence electrons. The van der Waals surface area contributed by atoms with E-state index in [0.29, 0.717) is 10.7 Å². The molecule has 8 heteroatoms. The average Bonchev–Trinajstić information content (AvgIpc) is 2.67. The van der Waals surface area contributed by atoms with E-state index in [1.165, 1.54) is 16.7 Å². The van der Waals surface area contributed by atoms with Gasteiger partial charge in [0.15, 0.2) is 0 Å². The summed E-state index contributed by atoms with van der Waals surface area (Å²) in [6, 6.07) is 5.19. The van der Waals surface area contributed by atoms with Crippen molar-refractivity contribution in [2.75, 3.05) is 23.5 Å². The molecule has 1 heterocycles. The van der Waals surface area contributed by atoms with Crippen LogP contribution in [0.2, 0.25) is 5.02 Å². The summed E-state index contributed by atoms with van der Waals surface area (Å²) in [7, 11) is -4.57. The van der Waals surface area contributed by atoms with Gasteiger partial charge in [-0.3, -0.25) is 4.79 Å². The standard InChI is InChI=1S/C12H13ClFNO3S2/c1-19-11-3-2-9(13)5-10(11)15-6-8(4-12(15)16)7-20(14,17)18/h2-3,5,8H,4,6-7H2,1H3. The molecule has 0 spiro atoms. The SMILES string of the molecule is CSc1ccc(Cl)cc1N1CC(CS(=O)(=O)F)CC1=O. The van der Waals surface area contributed by atoms with Crippen molar-refractivity contribution >= 4 is 45.2 Å². The molecule has 1 amide bonds. The maximum Gasteiger partial charge on any atom is 0.302 e. The maximum atomic E-state index is 12.7. The van der Waals surface area contributed by atoms with Crippen LogP contribution in [0.1, 0.15) is 6.42 Å². The Bertz CT molecular complexity index is 636. The molecule has 0 aromatic heterocycles. The third-order valence-electron chi connectivity index (χ3n) is 3.07. The Labute approximate surface area is 126 Å². The van der Waals surface area contributed by atoms with Crippen LogP contribution in [0.25, 0.3) is 0 Å². The first-order chi connectivity index (χ1) is 9.30. The number of anilines is 1. The van der Waals surface area contributed by atoms with Crippen LogP contribution in [-0.2, 0) is 15.0 Å². The van der Waals surface area contributed by atoms with Gasteiger partial charge < -0.3 is 4.90 Å². The van der Waals surface area contributed by atoms with Gasteiger partial charge in [0.05, 0.1) is 11.4 Å². The third-order valence-corrected chi connectivity index (χ3v) is 4.96. The lowest BCUT2D eigenvalue weighted by Crippen LogP contribution is -2.26. The van der Waals surface area contributed by atoms with Crippen molar-refractivity contribution in [1.29, 1.82) is 0 Å². The van der Waals surface area contributed by atoms with Crippen molar-refractivity contribution in [3.8, 4) is 0 Å². The molecule has 1 fully saturated rings. The van der Waals surface area contributed by atoms with Crippen LogP contribution < -0.4 is 4.90 Å². The first kappa shape index (κ1) is 15.6. The highest BCUT2D eigenvalue weighted by molar-refractivity contribution is 7.98. The average molecular weight is 338 g/mol. The second kappa shape index (κ2) is 5.91. The smallest absolute Gasteiger partial charge is 0.302 e. The van der Waals surface area contributed by atoms with Gasteiger partial charge in [-0.05, 0) is 24.5 Å². The molecule has 1 aliphatic heterocycles. The van der Waals surface area contributed by atoms with Crippen molar-refractivity contribution in [2.45, 2.75) is 11.3 Å².